The standard InChI is InChI=1S/2C16H13N.C14H15NO.C14H15N.C13H13NO3S.C13H13NO2S/c17-16-11-4-3-9-15(16)14-10-5-7-12-6-1-2-8-13(12)14;17-16-8-4-3-7-15(16)14-10-9-12-5-1-2-6-13(12)11-14;1-10-5-6-14(15)13(7-10)12-4-2-3-11(8-12)9-16;1-10-4-3-5-12(8-10)13-9-11(2)6-7-14(13)15;1-9-2-7-13(14)12(8-9)10-3-5-11(6-4-10)18(15,16)17;1-17(15,16)11-8-6-10(7-9-11)12-4-2-3-5-13(12)14/h2*1-11H,17H2;2-8,16H,9,15H2,1H3;3-9H,15H2,1-2H3;2-8H,14H2,1H3,(H,15,16,17);2-9H,14H2,1H3. The van der Waals surface area contributed by atoms with Gasteiger partial charge in [-0.3, -0.25) is 4.55 Å². The minimum Gasteiger partial charge on any atom is -0.398 e. The van der Waals surface area contributed by atoms with E-state index in [9.17, 15) is 16.8 Å². The number of anilines is 6. The summed E-state index contributed by atoms with van der Waals surface area (Å²) in [5.41, 5.74) is 58.3. The van der Waals surface area contributed by atoms with Crippen molar-refractivity contribution in [3.8, 4) is 66.8 Å². The monoisotopic (exact) mass is 1360 g/mol. The third kappa shape index (κ3) is 19.5. The van der Waals surface area contributed by atoms with E-state index in [1.165, 1.54) is 73.3 Å². The number of sulfone groups is 1. The lowest BCUT2D eigenvalue weighted by Gasteiger charge is -2.09. The lowest BCUT2D eigenvalue weighted by molar-refractivity contribution is 0.282. The lowest BCUT2D eigenvalue weighted by atomic mass is 9.97. The summed E-state index contributed by atoms with van der Waals surface area (Å²) in [5, 5.41) is 14.1. The molecular weight excluding hydrogens is 1280 g/mol. The highest BCUT2D eigenvalue weighted by atomic mass is 32.2. The van der Waals surface area contributed by atoms with Gasteiger partial charge in [-0.1, -0.05) is 241 Å². The van der Waals surface area contributed by atoms with E-state index in [0.29, 0.717) is 16.3 Å². The van der Waals surface area contributed by atoms with Crippen LogP contribution in [0.25, 0.3) is 88.3 Å². The molecule has 0 amide bonds. The van der Waals surface area contributed by atoms with Crippen LogP contribution in [-0.4, -0.2) is 32.8 Å². The maximum absolute atomic E-state index is 11.3. The van der Waals surface area contributed by atoms with E-state index in [1.807, 2.05) is 135 Å². The van der Waals surface area contributed by atoms with Crippen molar-refractivity contribution in [1.29, 1.82) is 0 Å². The first-order chi connectivity index (χ1) is 47.9. The summed E-state index contributed by atoms with van der Waals surface area (Å²) < 4.78 is 53.4. The molecule has 14 aromatic carbocycles. The molecule has 12 nitrogen and oxygen atoms in total. The molecule has 14 heteroatoms. The molecule has 0 aliphatic rings. The Kier molecular flexibility index (Phi) is 24.2. The summed E-state index contributed by atoms with van der Waals surface area (Å²) in [4.78, 5) is 0.188. The molecule has 0 fully saturated rings. The summed E-state index contributed by atoms with van der Waals surface area (Å²) in [5.74, 6) is 0. The van der Waals surface area contributed by atoms with Crippen LogP contribution in [0, 0.1) is 27.7 Å². The number of para-hydroxylation sites is 3. The van der Waals surface area contributed by atoms with E-state index in [1.54, 1.807) is 42.5 Å². The van der Waals surface area contributed by atoms with Gasteiger partial charge in [0.05, 0.1) is 16.4 Å². The van der Waals surface area contributed by atoms with E-state index in [2.05, 4.69) is 147 Å². The van der Waals surface area contributed by atoms with Crippen molar-refractivity contribution in [3.63, 3.8) is 0 Å². The first kappa shape index (κ1) is 72.5. The minimum absolute atomic E-state index is 0.0551. The fourth-order valence-corrected chi connectivity index (χ4v) is 12.3. The van der Waals surface area contributed by atoms with Gasteiger partial charge in [0.2, 0.25) is 0 Å². The second-order valence-corrected chi connectivity index (χ2v) is 27.6. The predicted molar refractivity (Wildman–Crippen MR) is 421 cm³/mol. The summed E-state index contributed by atoms with van der Waals surface area (Å²) in [6.07, 6.45) is 1.19. The van der Waals surface area contributed by atoms with E-state index >= 15 is 0 Å². The molecular formula is C86H82N6O6S2. The summed E-state index contributed by atoms with van der Waals surface area (Å²) in [7, 11) is -7.29. The number of benzene rings is 14. The van der Waals surface area contributed by atoms with Crippen molar-refractivity contribution in [3.05, 3.63) is 337 Å². The van der Waals surface area contributed by atoms with Crippen molar-refractivity contribution in [1.82, 2.24) is 0 Å². The van der Waals surface area contributed by atoms with E-state index in [4.69, 9.17) is 44.1 Å². The number of hydrogen-bond donors (Lipinski definition) is 8. The number of aliphatic hydroxyl groups excluding tert-OH is 1. The summed E-state index contributed by atoms with van der Waals surface area (Å²) in [6, 6.07) is 99.5. The summed E-state index contributed by atoms with van der Waals surface area (Å²) >= 11 is 0. The lowest BCUT2D eigenvalue weighted by Crippen LogP contribution is -1.97. The zero-order valence-electron chi connectivity index (χ0n) is 56.5. The van der Waals surface area contributed by atoms with Crippen molar-refractivity contribution in [2.24, 2.45) is 0 Å². The average Bonchev–Trinajstić information content (AvgIpc) is 0.831. The molecule has 0 spiro atoms. The second kappa shape index (κ2) is 33.5. The van der Waals surface area contributed by atoms with Gasteiger partial charge in [0.15, 0.2) is 9.84 Å². The van der Waals surface area contributed by atoms with Gasteiger partial charge in [0.1, 0.15) is 0 Å². The third-order valence-electron chi connectivity index (χ3n) is 16.5. The predicted octanol–water partition coefficient (Wildman–Crippen LogP) is 19.3. The van der Waals surface area contributed by atoms with Crippen LogP contribution >= 0.6 is 0 Å². The number of aliphatic hydroxyl groups is 1. The van der Waals surface area contributed by atoms with Gasteiger partial charge in [0, 0.05) is 73.8 Å². The molecule has 0 aliphatic heterocycles. The van der Waals surface area contributed by atoms with Crippen molar-refractivity contribution < 1.29 is 26.5 Å². The third-order valence-corrected chi connectivity index (χ3v) is 18.5. The molecule has 14 rings (SSSR count). The zero-order chi connectivity index (χ0) is 71.5. The van der Waals surface area contributed by atoms with E-state index in [0.717, 1.165) is 83.9 Å². The van der Waals surface area contributed by atoms with Crippen molar-refractivity contribution in [2.45, 2.75) is 44.1 Å². The van der Waals surface area contributed by atoms with Crippen molar-refractivity contribution >= 4 is 75.6 Å². The molecule has 0 saturated heterocycles. The Balaban J connectivity index is 0.000000140. The molecule has 0 unspecified atom stereocenters. The number of aryl methyl sites for hydroxylation is 4. The number of rotatable bonds is 9. The fraction of sp³-hybridized carbons (Fsp3) is 0.0698. The highest BCUT2D eigenvalue weighted by Gasteiger charge is 2.13. The molecule has 0 aliphatic carbocycles. The highest BCUT2D eigenvalue weighted by Crippen LogP contribution is 2.35. The Bertz CT molecular complexity index is 5360. The van der Waals surface area contributed by atoms with Crippen LogP contribution < -0.4 is 34.4 Å². The smallest absolute Gasteiger partial charge is 0.294 e. The Labute approximate surface area is 587 Å². The Morgan fingerprint density at radius 1 is 0.280 bits per heavy atom. The van der Waals surface area contributed by atoms with E-state index in [-0.39, 0.29) is 11.5 Å². The molecule has 0 aromatic heterocycles. The molecule has 0 atom stereocenters. The van der Waals surface area contributed by atoms with Crippen LogP contribution in [-0.2, 0) is 26.6 Å². The maximum Gasteiger partial charge on any atom is 0.294 e. The van der Waals surface area contributed by atoms with Gasteiger partial charge >= 0.3 is 0 Å². The van der Waals surface area contributed by atoms with Crippen LogP contribution in [0.3, 0.4) is 0 Å². The highest BCUT2D eigenvalue weighted by molar-refractivity contribution is 7.90. The number of fused-ring (bicyclic) bond motifs is 2. The quantitative estimate of drug-likeness (QED) is 0.0495. The normalized spacial score (nSPS) is 10.8. The van der Waals surface area contributed by atoms with Gasteiger partial charge in [-0.25, -0.2) is 8.42 Å². The Morgan fingerprint density at radius 3 is 1.14 bits per heavy atom. The minimum atomic E-state index is -4.15. The van der Waals surface area contributed by atoms with E-state index < -0.39 is 20.0 Å². The first-order valence-electron chi connectivity index (χ1n) is 32.2. The molecule has 14 N–H and O–H groups in total. The molecule has 100 heavy (non-hydrogen) atoms. The molecule has 14 aromatic rings. The number of nitrogens with two attached hydrogens (primary N) is 6. The van der Waals surface area contributed by atoms with Gasteiger partial charge in [0.25, 0.3) is 10.1 Å². The van der Waals surface area contributed by atoms with Crippen LogP contribution in [0.4, 0.5) is 34.1 Å². The SMILES string of the molecule is CS(=O)(=O)c1ccc(-c2ccccc2N)cc1.Cc1ccc(N)c(-c2ccc(S(=O)(=O)O)cc2)c1.Cc1ccc(N)c(-c2cccc(CO)c2)c1.Cc1cccc(-c2cc(C)ccc2N)c1.Nc1ccccc1-c1ccc2ccccc2c1.Nc1ccccc1-c1cccc2ccccc12. The largest absolute Gasteiger partial charge is 0.398 e. The molecule has 0 bridgehead atoms. The van der Waals surface area contributed by atoms with Crippen molar-refractivity contribution in [2.75, 3.05) is 40.7 Å². The van der Waals surface area contributed by atoms with Gasteiger partial charge in [-0.2, -0.15) is 8.42 Å². The maximum atomic E-state index is 11.3. The molecule has 0 saturated carbocycles. The second-order valence-electron chi connectivity index (χ2n) is 24.1. The topological polar surface area (TPSA) is 265 Å². The Hall–Kier alpha value is -11.8. The average molecular weight is 1360 g/mol. The van der Waals surface area contributed by atoms with Crippen LogP contribution in [0.2, 0.25) is 0 Å². The van der Waals surface area contributed by atoms with Gasteiger partial charge in [-0.15, -0.1) is 0 Å². The van der Waals surface area contributed by atoms with Crippen LogP contribution in [0.1, 0.15) is 27.8 Å². The molecule has 0 heterocycles. The van der Waals surface area contributed by atoms with Crippen LogP contribution in [0.15, 0.2) is 319 Å². The number of nitrogen functional groups attached to an aromatic ring is 6. The van der Waals surface area contributed by atoms with Gasteiger partial charge in [-0.05, 0) is 179 Å². The molecule has 0 radical (unpaired) electrons. The summed E-state index contributed by atoms with van der Waals surface area (Å²) in [6.45, 7) is 8.22. The zero-order valence-corrected chi connectivity index (χ0v) is 58.1. The fourth-order valence-electron chi connectivity index (χ4n) is 11.2. The number of hydrogen-bond acceptors (Lipinski definition) is 11. The van der Waals surface area contributed by atoms with Gasteiger partial charge < -0.3 is 39.5 Å². The van der Waals surface area contributed by atoms with Crippen LogP contribution in [0.5, 0.6) is 0 Å². The first-order valence-corrected chi connectivity index (χ1v) is 35.5. The Morgan fingerprint density at radius 2 is 0.640 bits per heavy atom. The molecule has 504 valence electrons.